The highest BCUT2D eigenvalue weighted by atomic mass is 32.1. The minimum Gasteiger partial charge on any atom is -0.347 e. The molecule has 0 unspecified atom stereocenters. The van der Waals surface area contributed by atoms with Crippen molar-refractivity contribution in [2.24, 2.45) is 0 Å². The summed E-state index contributed by atoms with van der Waals surface area (Å²) >= 11 is 6.62. The zero-order valence-corrected chi connectivity index (χ0v) is 9.79. The van der Waals surface area contributed by atoms with Crippen molar-refractivity contribution >= 4 is 28.7 Å². The van der Waals surface area contributed by atoms with E-state index in [-0.39, 0.29) is 0 Å². The van der Waals surface area contributed by atoms with Gasteiger partial charge in [0.25, 0.3) is 0 Å². The molecule has 0 spiro atoms. The van der Waals surface area contributed by atoms with Crippen LogP contribution in [0.15, 0.2) is 0 Å². The van der Waals surface area contributed by atoms with Gasteiger partial charge in [-0.1, -0.05) is 30.6 Å². The van der Waals surface area contributed by atoms with Crippen molar-refractivity contribution < 1.29 is 0 Å². The lowest BCUT2D eigenvalue weighted by atomic mass is 10.1. The van der Waals surface area contributed by atoms with Crippen molar-refractivity contribution in [1.82, 2.24) is 10.2 Å². The molecule has 0 aliphatic carbocycles. The summed E-state index contributed by atoms with van der Waals surface area (Å²) in [6.45, 7) is 2.27. The second-order valence-electron chi connectivity index (χ2n) is 3.65. The summed E-state index contributed by atoms with van der Waals surface area (Å²) in [6.07, 6.45) is 6.67. The summed E-state index contributed by atoms with van der Waals surface area (Å²) in [7, 11) is 0. The topological polar surface area (TPSA) is 31.9 Å². The Balaban J connectivity index is 2.04. The second kappa shape index (κ2) is 4.89. The fourth-order valence-corrected chi connectivity index (χ4v) is 2.73. The van der Waals surface area contributed by atoms with Gasteiger partial charge >= 0.3 is 0 Å². The number of rotatable bonds is 1. The minimum atomic E-state index is 0.780. The van der Waals surface area contributed by atoms with Gasteiger partial charge in [-0.15, -0.1) is 5.10 Å². The number of aromatic nitrogens is 2. The highest BCUT2D eigenvalue weighted by molar-refractivity contribution is 7.73. The smallest absolute Gasteiger partial charge is 0.206 e. The number of anilines is 1. The summed E-state index contributed by atoms with van der Waals surface area (Å²) in [5.74, 6) is 0. The first-order chi connectivity index (χ1) is 6.86. The Bertz CT molecular complexity index is 323. The second-order valence-corrected chi connectivity index (χ2v) is 5.29. The average molecular weight is 229 g/mol. The molecule has 3 nitrogen and oxygen atoms in total. The van der Waals surface area contributed by atoms with Crippen LogP contribution in [0.25, 0.3) is 0 Å². The van der Waals surface area contributed by atoms with E-state index in [1.807, 2.05) is 0 Å². The van der Waals surface area contributed by atoms with Gasteiger partial charge in [0.15, 0.2) is 3.95 Å². The van der Waals surface area contributed by atoms with Crippen molar-refractivity contribution in [3.05, 3.63) is 3.95 Å². The van der Waals surface area contributed by atoms with E-state index >= 15 is 0 Å². The SMILES string of the molecule is S=c1[nH]nc(N2CCCCCCC2)s1. The summed E-state index contributed by atoms with van der Waals surface area (Å²) in [5, 5.41) is 8.14. The number of H-pyrrole nitrogens is 1. The van der Waals surface area contributed by atoms with E-state index in [9.17, 15) is 0 Å². The van der Waals surface area contributed by atoms with Crippen molar-refractivity contribution in [3.8, 4) is 0 Å². The van der Waals surface area contributed by atoms with Gasteiger partial charge in [-0.2, -0.15) is 0 Å². The third-order valence-corrected chi connectivity index (χ3v) is 3.70. The van der Waals surface area contributed by atoms with Crippen molar-refractivity contribution in [2.75, 3.05) is 18.0 Å². The molecule has 1 aliphatic rings. The van der Waals surface area contributed by atoms with Crippen molar-refractivity contribution in [2.45, 2.75) is 32.1 Å². The molecule has 1 aliphatic heterocycles. The highest BCUT2D eigenvalue weighted by Gasteiger charge is 2.11. The molecule has 1 fully saturated rings. The summed E-state index contributed by atoms with van der Waals surface area (Å²) in [4.78, 5) is 2.36. The molecule has 1 saturated heterocycles. The number of hydrogen-bond acceptors (Lipinski definition) is 4. The van der Waals surface area contributed by atoms with E-state index in [1.165, 1.54) is 32.1 Å². The lowest BCUT2D eigenvalue weighted by Crippen LogP contribution is -2.26. The average Bonchev–Trinajstić information content (AvgIpc) is 2.51. The van der Waals surface area contributed by atoms with Gasteiger partial charge in [0.05, 0.1) is 0 Å². The maximum atomic E-state index is 5.04. The number of nitrogens with one attached hydrogen (secondary N) is 1. The molecule has 2 rings (SSSR count). The monoisotopic (exact) mass is 229 g/mol. The van der Waals surface area contributed by atoms with E-state index < -0.39 is 0 Å². The molecule has 1 N–H and O–H groups in total. The van der Waals surface area contributed by atoms with E-state index in [1.54, 1.807) is 11.3 Å². The molecule has 5 heteroatoms. The van der Waals surface area contributed by atoms with Crippen LogP contribution in [-0.4, -0.2) is 23.3 Å². The number of aromatic amines is 1. The summed E-state index contributed by atoms with van der Waals surface area (Å²) in [6, 6.07) is 0. The molecular weight excluding hydrogens is 214 g/mol. The number of hydrogen-bond donors (Lipinski definition) is 1. The van der Waals surface area contributed by atoms with Crippen LogP contribution in [0.5, 0.6) is 0 Å². The molecule has 78 valence electrons. The molecule has 0 amide bonds. The van der Waals surface area contributed by atoms with E-state index in [0.717, 1.165) is 22.2 Å². The predicted molar refractivity (Wildman–Crippen MR) is 62.6 cm³/mol. The highest BCUT2D eigenvalue weighted by Crippen LogP contribution is 2.20. The fourth-order valence-electron chi connectivity index (χ4n) is 1.80. The van der Waals surface area contributed by atoms with Gasteiger partial charge in [0.1, 0.15) is 0 Å². The molecule has 1 aromatic heterocycles. The largest absolute Gasteiger partial charge is 0.347 e. The first kappa shape index (κ1) is 10.1. The number of nitrogens with zero attached hydrogens (tertiary/aromatic N) is 2. The Hall–Kier alpha value is -0.420. The molecule has 0 aromatic carbocycles. The van der Waals surface area contributed by atoms with Crippen LogP contribution in [0.1, 0.15) is 32.1 Å². The van der Waals surface area contributed by atoms with Crippen molar-refractivity contribution in [3.63, 3.8) is 0 Å². The normalized spacial score (nSPS) is 19.0. The Kier molecular flexibility index (Phi) is 3.53. The van der Waals surface area contributed by atoms with Crippen LogP contribution in [-0.2, 0) is 0 Å². The lowest BCUT2D eigenvalue weighted by Gasteiger charge is -2.23. The van der Waals surface area contributed by atoms with Gasteiger partial charge < -0.3 is 4.90 Å². The van der Waals surface area contributed by atoms with Crippen LogP contribution in [0.2, 0.25) is 0 Å². The Labute approximate surface area is 93.1 Å². The van der Waals surface area contributed by atoms with Crippen molar-refractivity contribution in [1.29, 1.82) is 0 Å². The Morgan fingerprint density at radius 1 is 1.14 bits per heavy atom. The van der Waals surface area contributed by atoms with Gasteiger partial charge in [0, 0.05) is 13.1 Å². The van der Waals surface area contributed by atoms with Gasteiger partial charge in [-0.25, -0.2) is 0 Å². The quantitative estimate of drug-likeness (QED) is 0.751. The first-order valence-electron chi connectivity index (χ1n) is 5.17. The van der Waals surface area contributed by atoms with Gasteiger partial charge in [-0.3, -0.25) is 5.10 Å². The standard InChI is InChI=1S/C9H15N3S2/c13-9-11-10-8(14-9)12-6-4-2-1-3-5-7-12/h1-7H2,(H,11,13). The first-order valence-corrected chi connectivity index (χ1v) is 6.39. The zero-order chi connectivity index (χ0) is 9.80. The van der Waals surface area contributed by atoms with Crippen LogP contribution in [0, 0.1) is 3.95 Å². The van der Waals surface area contributed by atoms with Gasteiger partial charge in [-0.05, 0) is 25.1 Å². The molecule has 0 radical (unpaired) electrons. The van der Waals surface area contributed by atoms with Gasteiger partial charge in [0.2, 0.25) is 5.13 Å². The Morgan fingerprint density at radius 3 is 2.36 bits per heavy atom. The summed E-state index contributed by atoms with van der Waals surface area (Å²) in [5.41, 5.74) is 0. The molecule has 0 atom stereocenters. The zero-order valence-electron chi connectivity index (χ0n) is 8.16. The fraction of sp³-hybridized carbons (Fsp3) is 0.778. The lowest BCUT2D eigenvalue weighted by molar-refractivity contribution is 0.555. The molecule has 2 heterocycles. The predicted octanol–water partition coefficient (Wildman–Crippen LogP) is 2.97. The Morgan fingerprint density at radius 2 is 1.79 bits per heavy atom. The van der Waals surface area contributed by atoms with E-state index in [0.29, 0.717) is 0 Å². The molecule has 1 aromatic rings. The van der Waals surface area contributed by atoms with Crippen LogP contribution in [0.4, 0.5) is 5.13 Å². The van der Waals surface area contributed by atoms with Crippen LogP contribution in [0.3, 0.4) is 0 Å². The third kappa shape index (κ3) is 2.54. The maximum Gasteiger partial charge on any atom is 0.206 e. The summed E-state index contributed by atoms with van der Waals surface area (Å²) < 4.78 is 0.780. The molecule has 0 bridgehead atoms. The van der Waals surface area contributed by atoms with Crippen LogP contribution >= 0.6 is 23.6 Å². The molecular formula is C9H15N3S2. The molecule has 14 heavy (non-hydrogen) atoms. The molecule has 0 saturated carbocycles. The van der Waals surface area contributed by atoms with E-state index in [4.69, 9.17) is 12.2 Å². The minimum absolute atomic E-state index is 0.780. The van der Waals surface area contributed by atoms with E-state index in [2.05, 4.69) is 15.1 Å². The third-order valence-electron chi connectivity index (χ3n) is 2.55. The maximum absolute atomic E-state index is 5.04. The van der Waals surface area contributed by atoms with Crippen LogP contribution < -0.4 is 4.90 Å².